The van der Waals surface area contributed by atoms with Gasteiger partial charge in [0, 0.05) is 6.54 Å². The van der Waals surface area contributed by atoms with Gasteiger partial charge in [-0.15, -0.1) is 0 Å². The van der Waals surface area contributed by atoms with Crippen molar-refractivity contribution >= 4 is 5.91 Å². The molecule has 1 amide bonds. The van der Waals surface area contributed by atoms with Crippen LogP contribution in [0.5, 0.6) is 5.75 Å². The molecule has 17 heavy (non-hydrogen) atoms. The van der Waals surface area contributed by atoms with Crippen LogP contribution in [0.2, 0.25) is 0 Å². The van der Waals surface area contributed by atoms with E-state index in [4.69, 9.17) is 9.84 Å². The predicted octanol–water partition coefficient (Wildman–Crippen LogP) is 1.26. The number of hydrogen-bond acceptors (Lipinski definition) is 3. The molecule has 0 spiro atoms. The van der Waals surface area contributed by atoms with Crippen LogP contribution in [-0.4, -0.2) is 30.3 Å². The van der Waals surface area contributed by atoms with Gasteiger partial charge >= 0.3 is 0 Å². The standard InChI is InChI=1S/C13H19NO3/c1-10-4-3-5-12(8-10)17-7-6-13(16)14-9-11(2)15/h3-5,8,11,15H,6-7,9H2,1-2H3,(H,14,16)/t11-/m0/s1. The van der Waals surface area contributed by atoms with Crippen LogP contribution in [-0.2, 0) is 4.79 Å². The lowest BCUT2D eigenvalue weighted by molar-refractivity contribution is -0.122. The molecule has 1 rings (SSSR count). The molecular formula is C13H19NO3. The summed E-state index contributed by atoms with van der Waals surface area (Å²) < 4.78 is 5.44. The molecule has 0 aliphatic carbocycles. The van der Waals surface area contributed by atoms with E-state index in [9.17, 15) is 4.79 Å². The topological polar surface area (TPSA) is 58.6 Å². The molecule has 0 aromatic heterocycles. The first-order valence-electron chi connectivity index (χ1n) is 5.72. The van der Waals surface area contributed by atoms with Crippen molar-refractivity contribution in [1.29, 1.82) is 0 Å². The van der Waals surface area contributed by atoms with E-state index in [1.807, 2.05) is 31.2 Å². The van der Waals surface area contributed by atoms with Crippen LogP contribution in [0.3, 0.4) is 0 Å². The van der Waals surface area contributed by atoms with Crippen LogP contribution < -0.4 is 10.1 Å². The first-order valence-corrected chi connectivity index (χ1v) is 5.72. The number of carbonyl (C=O) groups is 1. The Balaban J connectivity index is 2.21. The Morgan fingerprint density at radius 3 is 2.94 bits per heavy atom. The zero-order valence-electron chi connectivity index (χ0n) is 10.3. The summed E-state index contributed by atoms with van der Waals surface area (Å²) in [4.78, 5) is 11.3. The highest BCUT2D eigenvalue weighted by molar-refractivity contribution is 5.75. The zero-order valence-corrected chi connectivity index (χ0v) is 10.3. The van der Waals surface area contributed by atoms with Crippen LogP contribution in [0, 0.1) is 6.92 Å². The molecule has 0 radical (unpaired) electrons. The number of carbonyl (C=O) groups excluding carboxylic acids is 1. The van der Waals surface area contributed by atoms with E-state index in [-0.39, 0.29) is 12.5 Å². The minimum Gasteiger partial charge on any atom is -0.493 e. The summed E-state index contributed by atoms with van der Waals surface area (Å²) >= 11 is 0. The number of rotatable bonds is 6. The van der Waals surface area contributed by atoms with E-state index >= 15 is 0 Å². The number of aryl methyl sites for hydroxylation is 1. The highest BCUT2D eigenvalue weighted by atomic mass is 16.5. The molecule has 0 aliphatic rings. The summed E-state index contributed by atoms with van der Waals surface area (Å²) in [5.41, 5.74) is 1.13. The van der Waals surface area contributed by atoms with Crippen molar-refractivity contribution in [2.75, 3.05) is 13.2 Å². The quantitative estimate of drug-likeness (QED) is 0.783. The van der Waals surface area contributed by atoms with Crippen LogP contribution in [0.1, 0.15) is 18.9 Å². The molecule has 0 unspecified atom stereocenters. The van der Waals surface area contributed by atoms with Gasteiger partial charge in [-0.2, -0.15) is 0 Å². The lowest BCUT2D eigenvalue weighted by Gasteiger charge is -2.08. The van der Waals surface area contributed by atoms with Crippen molar-refractivity contribution in [1.82, 2.24) is 5.32 Å². The van der Waals surface area contributed by atoms with Gasteiger partial charge in [-0.3, -0.25) is 4.79 Å². The van der Waals surface area contributed by atoms with E-state index in [2.05, 4.69) is 5.32 Å². The molecule has 0 heterocycles. The molecule has 1 atom stereocenters. The lowest BCUT2D eigenvalue weighted by atomic mass is 10.2. The Hall–Kier alpha value is -1.55. The summed E-state index contributed by atoms with van der Waals surface area (Å²) in [5.74, 6) is 0.659. The Morgan fingerprint density at radius 2 is 2.29 bits per heavy atom. The van der Waals surface area contributed by atoms with Gasteiger partial charge in [0.05, 0.1) is 19.1 Å². The van der Waals surface area contributed by atoms with E-state index in [1.165, 1.54) is 0 Å². The Morgan fingerprint density at radius 1 is 1.53 bits per heavy atom. The largest absolute Gasteiger partial charge is 0.493 e. The van der Waals surface area contributed by atoms with Crippen molar-refractivity contribution in [3.05, 3.63) is 29.8 Å². The Kier molecular flexibility index (Phi) is 5.49. The van der Waals surface area contributed by atoms with Gasteiger partial charge < -0.3 is 15.2 Å². The van der Waals surface area contributed by atoms with Gasteiger partial charge in [-0.1, -0.05) is 12.1 Å². The van der Waals surface area contributed by atoms with Crippen molar-refractivity contribution in [2.24, 2.45) is 0 Å². The van der Waals surface area contributed by atoms with Crippen molar-refractivity contribution in [2.45, 2.75) is 26.4 Å². The molecule has 0 fully saturated rings. The maximum absolute atomic E-state index is 11.3. The number of nitrogens with one attached hydrogen (secondary N) is 1. The molecule has 0 saturated heterocycles. The van der Waals surface area contributed by atoms with Gasteiger partial charge in [0.1, 0.15) is 5.75 Å². The highest BCUT2D eigenvalue weighted by Gasteiger charge is 2.03. The third kappa shape index (κ3) is 5.92. The molecule has 0 bridgehead atoms. The average Bonchev–Trinajstić information content (AvgIpc) is 2.26. The second-order valence-corrected chi connectivity index (χ2v) is 4.07. The first kappa shape index (κ1) is 13.5. The van der Waals surface area contributed by atoms with Gasteiger partial charge in [-0.05, 0) is 31.5 Å². The van der Waals surface area contributed by atoms with Crippen LogP contribution in [0.4, 0.5) is 0 Å². The molecule has 2 N–H and O–H groups in total. The molecular weight excluding hydrogens is 218 g/mol. The third-order valence-electron chi connectivity index (χ3n) is 2.18. The number of ether oxygens (including phenoxy) is 1. The molecule has 1 aromatic rings. The van der Waals surface area contributed by atoms with Gasteiger partial charge in [-0.25, -0.2) is 0 Å². The van der Waals surface area contributed by atoms with Crippen molar-refractivity contribution in [3.8, 4) is 5.75 Å². The predicted molar refractivity (Wildman–Crippen MR) is 66.0 cm³/mol. The number of aliphatic hydroxyl groups is 1. The monoisotopic (exact) mass is 237 g/mol. The normalized spacial score (nSPS) is 11.9. The van der Waals surface area contributed by atoms with Gasteiger partial charge in [0.15, 0.2) is 0 Å². The molecule has 4 heteroatoms. The average molecular weight is 237 g/mol. The summed E-state index contributed by atoms with van der Waals surface area (Å²) in [6, 6.07) is 7.69. The Bertz CT molecular complexity index is 363. The van der Waals surface area contributed by atoms with E-state index in [0.29, 0.717) is 13.0 Å². The summed E-state index contributed by atoms with van der Waals surface area (Å²) in [7, 11) is 0. The fourth-order valence-corrected chi connectivity index (χ4v) is 1.32. The smallest absolute Gasteiger partial charge is 0.223 e. The van der Waals surface area contributed by atoms with Crippen LogP contribution >= 0.6 is 0 Å². The van der Waals surface area contributed by atoms with Gasteiger partial charge in [0.25, 0.3) is 0 Å². The second kappa shape index (κ2) is 6.91. The van der Waals surface area contributed by atoms with E-state index in [0.717, 1.165) is 11.3 Å². The fraction of sp³-hybridized carbons (Fsp3) is 0.462. The number of amides is 1. The fourth-order valence-electron chi connectivity index (χ4n) is 1.32. The molecule has 0 aliphatic heterocycles. The van der Waals surface area contributed by atoms with Crippen LogP contribution in [0.25, 0.3) is 0 Å². The molecule has 94 valence electrons. The zero-order chi connectivity index (χ0) is 12.7. The van der Waals surface area contributed by atoms with Crippen molar-refractivity contribution < 1.29 is 14.6 Å². The number of hydrogen-bond donors (Lipinski definition) is 2. The number of benzene rings is 1. The third-order valence-corrected chi connectivity index (χ3v) is 2.18. The van der Waals surface area contributed by atoms with Gasteiger partial charge in [0.2, 0.25) is 5.91 Å². The molecule has 0 saturated carbocycles. The maximum Gasteiger partial charge on any atom is 0.223 e. The van der Waals surface area contributed by atoms with Crippen LogP contribution in [0.15, 0.2) is 24.3 Å². The summed E-state index contributed by atoms with van der Waals surface area (Å²) in [6.07, 6.45) is -0.225. The maximum atomic E-state index is 11.3. The Labute approximate surface area is 102 Å². The molecule has 4 nitrogen and oxygen atoms in total. The SMILES string of the molecule is Cc1cccc(OCCC(=O)NC[C@H](C)O)c1. The van der Waals surface area contributed by atoms with E-state index < -0.39 is 6.10 Å². The number of aliphatic hydroxyl groups excluding tert-OH is 1. The molecule has 1 aromatic carbocycles. The minimum absolute atomic E-state index is 0.112. The summed E-state index contributed by atoms with van der Waals surface area (Å²) in [6.45, 7) is 4.24. The van der Waals surface area contributed by atoms with E-state index in [1.54, 1.807) is 6.92 Å². The van der Waals surface area contributed by atoms with Crippen molar-refractivity contribution in [3.63, 3.8) is 0 Å². The minimum atomic E-state index is -0.517. The second-order valence-electron chi connectivity index (χ2n) is 4.07. The lowest BCUT2D eigenvalue weighted by Crippen LogP contribution is -2.31. The summed E-state index contributed by atoms with van der Waals surface area (Å²) in [5, 5.41) is 11.6. The highest BCUT2D eigenvalue weighted by Crippen LogP contribution is 2.12. The first-order chi connectivity index (χ1) is 8.08.